The molecule has 90 valence electrons. The monoisotopic (exact) mass is 225 g/mol. The van der Waals surface area contributed by atoms with Gasteiger partial charge in [0.05, 0.1) is 11.5 Å². The largest absolute Gasteiger partial charge is 0.425 e. The van der Waals surface area contributed by atoms with Crippen LogP contribution in [0.3, 0.4) is 0 Å². The van der Waals surface area contributed by atoms with E-state index >= 15 is 0 Å². The van der Waals surface area contributed by atoms with Crippen molar-refractivity contribution in [3.63, 3.8) is 0 Å². The third-order valence-electron chi connectivity index (χ3n) is 3.13. The van der Waals surface area contributed by atoms with E-state index in [2.05, 4.69) is 22.0 Å². The summed E-state index contributed by atoms with van der Waals surface area (Å²) in [4.78, 5) is 2.22. The Balaban J connectivity index is 1.91. The van der Waals surface area contributed by atoms with E-state index in [1.807, 2.05) is 6.92 Å². The van der Waals surface area contributed by atoms with E-state index in [-0.39, 0.29) is 11.5 Å². The number of β-amino-alcohol motifs (C(OH)–C–C–N with tert-alkyl or cyclic N) is 1. The van der Waals surface area contributed by atoms with Crippen molar-refractivity contribution in [3.05, 3.63) is 11.8 Å². The Morgan fingerprint density at radius 1 is 1.50 bits per heavy atom. The summed E-state index contributed by atoms with van der Waals surface area (Å²) in [5.74, 6) is 1.33. The SMILES string of the molecule is CC[C@@H](O)CN1CC(C)(c2nnc(C)o2)C1. The molecule has 2 rings (SSSR count). The Morgan fingerprint density at radius 3 is 2.69 bits per heavy atom. The lowest BCUT2D eigenvalue weighted by molar-refractivity contribution is 0.0139. The second-order valence-corrected chi connectivity index (χ2v) is 4.92. The second kappa shape index (κ2) is 4.14. The van der Waals surface area contributed by atoms with Crippen molar-refractivity contribution in [2.24, 2.45) is 0 Å². The fraction of sp³-hybridized carbons (Fsp3) is 0.818. The van der Waals surface area contributed by atoms with Gasteiger partial charge in [0.15, 0.2) is 0 Å². The zero-order valence-electron chi connectivity index (χ0n) is 10.1. The van der Waals surface area contributed by atoms with Crippen molar-refractivity contribution in [3.8, 4) is 0 Å². The molecule has 0 aliphatic carbocycles. The highest BCUT2D eigenvalue weighted by Crippen LogP contribution is 2.33. The highest BCUT2D eigenvalue weighted by Gasteiger charge is 2.44. The molecule has 1 N–H and O–H groups in total. The van der Waals surface area contributed by atoms with Gasteiger partial charge in [0, 0.05) is 26.6 Å². The zero-order chi connectivity index (χ0) is 11.8. The van der Waals surface area contributed by atoms with Gasteiger partial charge < -0.3 is 9.52 Å². The van der Waals surface area contributed by atoms with Gasteiger partial charge in [0.2, 0.25) is 11.8 Å². The van der Waals surface area contributed by atoms with Gasteiger partial charge in [-0.15, -0.1) is 10.2 Å². The normalized spacial score (nSPS) is 21.8. The van der Waals surface area contributed by atoms with Crippen molar-refractivity contribution in [1.29, 1.82) is 0 Å². The van der Waals surface area contributed by atoms with Crippen LogP contribution in [0.25, 0.3) is 0 Å². The molecular weight excluding hydrogens is 206 g/mol. The molecule has 1 aromatic heterocycles. The van der Waals surface area contributed by atoms with Crippen LogP contribution in [-0.2, 0) is 5.41 Å². The molecule has 1 saturated heterocycles. The molecule has 0 bridgehead atoms. The topological polar surface area (TPSA) is 62.4 Å². The summed E-state index contributed by atoms with van der Waals surface area (Å²) >= 11 is 0. The number of aliphatic hydroxyl groups excluding tert-OH is 1. The fourth-order valence-electron chi connectivity index (χ4n) is 2.17. The van der Waals surface area contributed by atoms with Crippen molar-refractivity contribution in [2.75, 3.05) is 19.6 Å². The van der Waals surface area contributed by atoms with Gasteiger partial charge in [-0.2, -0.15) is 0 Å². The maximum Gasteiger partial charge on any atom is 0.224 e. The lowest BCUT2D eigenvalue weighted by Gasteiger charge is -2.46. The lowest BCUT2D eigenvalue weighted by atomic mass is 9.81. The van der Waals surface area contributed by atoms with Gasteiger partial charge in [-0.1, -0.05) is 6.92 Å². The number of hydrogen-bond acceptors (Lipinski definition) is 5. The van der Waals surface area contributed by atoms with E-state index in [0.29, 0.717) is 11.8 Å². The van der Waals surface area contributed by atoms with Crippen molar-refractivity contribution in [2.45, 2.75) is 38.7 Å². The number of nitrogens with zero attached hydrogens (tertiary/aromatic N) is 3. The molecule has 5 heteroatoms. The third-order valence-corrected chi connectivity index (χ3v) is 3.13. The predicted octanol–water partition coefficient (Wildman–Crippen LogP) is 0.722. The second-order valence-electron chi connectivity index (χ2n) is 4.92. The molecule has 0 unspecified atom stereocenters. The summed E-state index contributed by atoms with van der Waals surface area (Å²) < 4.78 is 5.46. The quantitative estimate of drug-likeness (QED) is 0.818. The highest BCUT2D eigenvalue weighted by molar-refractivity contribution is 5.11. The molecule has 0 spiro atoms. The number of rotatable bonds is 4. The van der Waals surface area contributed by atoms with E-state index in [9.17, 15) is 5.11 Å². The van der Waals surface area contributed by atoms with E-state index in [1.165, 1.54) is 0 Å². The number of likely N-dealkylation sites (tertiary alicyclic amines) is 1. The Bertz CT molecular complexity index is 358. The van der Waals surface area contributed by atoms with Crippen LogP contribution in [0.15, 0.2) is 4.42 Å². The number of aliphatic hydroxyl groups is 1. The molecule has 5 nitrogen and oxygen atoms in total. The molecular formula is C11H19N3O2. The summed E-state index contributed by atoms with van der Waals surface area (Å²) in [7, 11) is 0. The van der Waals surface area contributed by atoms with Crippen LogP contribution in [0.5, 0.6) is 0 Å². The number of aromatic nitrogens is 2. The molecule has 0 saturated carbocycles. The highest BCUT2D eigenvalue weighted by atomic mass is 16.4. The average Bonchev–Trinajstić information content (AvgIpc) is 2.62. The van der Waals surface area contributed by atoms with Gasteiger partial charge in [-0.3, -0.25) is 4.90 Å². The van der Waals surface area contributed by atoms with Crippen molar-refractivity contribution >= 4 is 0 Å². The average molecular weight is 225 g/mol. The van der Waals surface area contributed by atoms with Crippen LogP contribution in [-0.4, -0.2) is 45.9 Å². The van der Waals surface area contributed by atoms with Crippen LogP contribution in [0, 0.1) is 6.92 Å². The van der Waals surface area contributed by atoms with Gasteiger partial charge in [-0.25, -0.2) is 0 Å². The molecule has 0 amide bonds. The summed E-state index contributed by atoms with van der Waals surface area (Å²) in [6.07, 6.45) is 0.571. The molecule has 2 heterocycles. The van der Waals surface area contributed by atoms with Crippen LogP contribution < -0.4 is 0 Å². The smallest absolute Gasteiger partial charge is 0.224 e. The summed E-state index contributed by atoms with van der Waals surface area (Å²) in [5, 5.41) is 17.5. The van der Waals surface area contributed by atoms with E-state index < -0.39 is 0 Å². The fourth-order valence-corrected chi connectivity index (χ4v) is 2.17. The maximum absolute atomic E-state index is 9.55. The van der Waals surface area contributed by atoms with Gasteiger partial charge in [0.25, 0.3) is 0 Å². The molecule has 0 aromatic carbocycles. The van der Waals surface area contributed by atoms with Crippen molar-refractivity contribution in [1.82, 2.24) is 15.1 Å². The Hall–Kier alpha value is -0.940. The van der Waals surface area contributed by atoms with Gasteiger partial charge in [0.1, 0.15) is 0 Å². The predicted molar refractivity (Wildman–Crippen MR) is 59.1 cm³/mol. The van der Waals surface area contributed by atoms with Crippen LogP contribution >= 0.6 is 0 Å². The summed E-state index contributed by atoms with van der Waals surface area (Å²) in [6.45, 7) is 8.41. The van der Waals surface area contributed by atoms with Crippen LogP contribution in [0.1, 0.15) is 32.0 Å². The minimum absolute atomic E-state index is 0.0330. The molecule has 1 atom stereocenters. The van der Waals surface area contributed by atoms with E-state index in [4.69, 9.17) is 4.42 Å². The summed E-state index contributed by atoms with van der Waals surface area (Å²) in [5.41, 5.74) is -0.0330. The van der Waals surface area contributed by atoms with Gasteiger partial charge >= 0.3 is 0 Å². The zero-order valence-corrected chi connectivity index (χ0v) is 10.1. The number of hydrogen-bond donors (Lipinski definition) is 1. The third kappa shape index (κ3) is 2.10. The Morgan fingerprint density at radius 2 is 2.19 bits per heavy atom. The van der Waals surface area contributed by atoms with Gasteiger partial charge in [-0.05, 0) is 13.3 Å². The van der Waals surface area contributed by atoms with Crippen LogP contribution in [0.2, 0.25) is 0 Å². The molecule has 1 aliphatic heterocycles. The maximum atomic E-state index is 9.55. The van der Waals surface area contributed by atoms with Crippen molar-refractivity contribution < 1.29 is 9.52 Å². The Kier molecular flexibility index (Phi) is 2.99. The molecule has 16 heavy (non-hydrogen) atoms. The minimum Gasteiger partial charge on any atom is -0.425 e. The summed E-state index contributed by atoms with van der Waals surface area (Å²) in [6, 6.07) is 0. The standard InChI is InChI=1S/C11H19N3O2/c1-4-9(15)5-14-6-11(3,7-14)10-13-12-8(2)16-10/h9,15H,4-7H2,1-3H3/t9-/m1/s1. The molecule has 0 radical (unpaired) electrons. The number of aryl methyl sites for hydroxylation is 1. The van der Waals surface area contributed by atoms with Crippen LogP contribution in [0.4, 0.5) is 0 Å². The first-order valence-corrected chi connectivity index (χ1v) is 5.74. The first-order valence-electron chi connectivity index (χ1n) is 5.74. The molecule has 1 aliphatic rings. The minimum atomic E-state index is -0.228. The first-order chi connectivity index (χ1) is 7.53. The van der Waals surface area contributed by atoms with E-state index in [0.717, 1.165) is 26.1 Å². The molecule has 1 aromatic rings. The lowest BCUT2D eigenvalue weighted by Crippen LogP contribution is -2.59. The van der Waals surface area contributed by atoms with E-state index in [1.54, 1.807) is 6.92 Å². The Labute approximate surface area is 95.5 Å². The first kappa shape index (κ1) is 11.5. The molecule has 1 fully saturated rings.